The summed E-state index contributed by atoms with van der Waals surface area (Å²) in [6.45, 7) is 9.14. The molecule has 0 aromatic rings. The van der Waals surface area contributed by atoms with Crippen LogP contribution < -0.4 is 0 Å². The van der Waals surface area contributed by atoms with Crippen LogP contribution >= 0.6 is 0 Å². The number of methoxy groups -OCH3 is 1. The monoisotopic (exact) mass is 237 g/mol. The van der Waals surface area contributed by atoms with Crippen molar-refractivity contribution in [1.82, 2.24) is 4.90 Å². The quantitative estimate of drug-likeness (QED) is 0.324. The van der Waals surface area contributed by atoms with Gasteiger partial charge in [-0.25, -0.2) is 4.79 Å². The smallest absolute Gasteiger partial charge is 0.354 e. The lowest BCUT2D eigenvalue weighted by molar-refractivity contribution is -0.156. The second-order valence-electron chi connectivity index (χ2n) is 4.43. The molecular formula is C13H19NO3. The third-order valence-corrected chi connectivity index (χ3v) is 3.04. The van der Waals surface area contributed by atoms with Crippen molar-refractivity contribution in [2.75, 3.05) is 7.11 Å². The lowest BCUT2D eigenvalue weighted by atomic mass is 9.85. The van der Waals surface area contributed by atoms with Gasteiger partial charge in [0.05, 0.1) is 19.1 Å². The molecule has 0 saturated carbocycles. The van der Waals surface area contributed by atoms with Gasteiger partial charge in [-0.1, -0.05) is 13.0 Å². The zero-order valence-corrected chi connectivity index (χ0v) is 10.8. The highest BCUT2D eigenvalue weighted by atomic mass is 16.5. The summed E-state index contributed by atoms with van der Waals surface area (Å²) in [5, 5.41) is 0. The Balaban J connectivity index is 3.04. The van der Waals surface area contributed by atoms with Crippen LogP contribution in [0.5, 0.6) is 0 Å². The molecule has 1 heterocycles. The SMILES string of the molecule is C=CC[C@@H]1[C@H](C)C(=O)N1C(C(=O)OC)=C(C)C. The van der Waals surface area contributed by atoms with Crippen LogP contribution in [-0.4, -0.2) is 29.9 Å². The molecule has 4 heteroatoms. The maximum absolute atomic E-state index is 11.9. The molecule has 0 aliphatic carbocycles. The molecule has 1 aliphatic rings. The van der Waals surface area contributed by atoms with Crippen molar-refractivity contribution in [2.24, 2.45) is 5.92 Å². The van der Waals surface area contributed by atoms with Gasteiger partial charge in [0.2, 0.25) is 5.91 Å². The molecule has 4 nitrogen and oxygen atoms in total. The predicted octanol–water partition coefficient (Wildman–Crippen LogP) is 1.88. The number of esters is 1. The zero-order valence-electron chi connectivity index (χ0n) is 10.8. The molecule has 1 amide bonds. The van der Waals surface area contributed by atoms with Gasteiger partial charge in [0.15, 0.2) is 0 Å². The number of rotatable bonds is 4. The molecule has 0 radical (unpaired) electrons. The minimum Gasteiger partial charge on any atom is -0.464 e. The predicted molar refractivity (Wildman–Crippen MR) is 65.0 cm³/mol. The Kier molecular flexibility index (Phi) is 4.10. The highest BCUT2D eigenvalue weighted by molar-refractivity contribution is 5.98. The molecule has 0 aromatic carbocycles. The number of likely N-dealkylation sites (tertiary alicyclic amines) is 1. The van der Waals surface area contributed by atoms with Crippen molar-refractivity contribution in [3.8, 4) is 0 Å². The van der Waals surface area contributed by atoms with Gasteiger partial charge in [-0.15, -0.1) is 6.58 Å². The van der Waals surface area contributed by atoms with Crippen LogP contribution in [0.2, 0.25) is 0 Å². The summed E-state index contributed by atoms with van der Waals surface area (Å²) < 4.78 is 4.72. The van der Waals surface area contributed by atoms with Gasteiger partial charge in [-0.05, 0) is 25.8 Å². The summed E-state index contributed by atoms with van der Waals surface area (Å²) in [6, 6.07) is 0.0176. The molecule has 2 atom stereocenters. The largest absolute Gasteiger partial charge is 0.464 e. The van der Waals surface area contributed by atoms with Crippen LogP contribution in [0.25, 0.3) is 0 Å². The minimum atomic E-state index is -0.459. The van der Waals surface area contributed by atoms with E-state index < -0.39 is 5.97 Å². The van der Waals surface area contributed by atoms with Crippen LogP contribution in [-0.2, 0) is 14.3 Å². The number of carbonyl (C=O) groups excluding carboxylic acids is 2. The first-order valence-corrected chi connectivity index (χ1v) is 5.65. The minimum absolute atomic E-state index is 0.0176. The first kappa shape index (κ1) is 13.5. The van der Waals surface area contributed by atoms with Crippen LogP contribution in [0.4, 0.5) is 0 Å². The lowest BCUT2D eigenvalue weighted by Gasteiger charge is -2.46. The molecule has 17 heavy (non-hydrogen) atoms. The average Bonchev–Trinajstić information content (AvgIpc) is 2.31. The summed E-state index contributed by atoms with van der Waals surface area (Å²) >= 11 is 0. The summed E-state index contributed by atoms with van der Waals surface area (Å²) in [6.07, 6.45) is 2.45. The molecule has 1 fully saturated rings. The molecular weight excluding hydrogens is 218 g/mol. The van der Waals surface area contributed by atoms with E-state index in [1.54, 1.807) is 19.9 Å². The van der Waals surface area contributed by atoms with E-state index in [2.05, 4.69) is 6.58 Å². The first-order chi connectivity index (χ1) is 7.95. The van der Waals surface area contributed by atoms with Crippen molar-refractivity contribution < 1.29 is 14.3 Å². The van der Waals surface area contributed by atoms with Crippen LogP contribution in [0, 0.1) is 5.92 Å². The summed E-state index contributed by atoms with van der Waals surface area (Å²) in [5.41, 5.74) is 1.15. The molecule has 0 bridgehead atoms. The summed E-state index contributed by atoms with van der Waals surface area (Å²) in [5.74, 6) is -0.551. The number of hydrogen-bond acceptors (Lipinski definition) is 3. The second-order valence-corrected chi connectivity index (χ2v) is 4.43. The Morgan fingerprint density at radius 3 is 2.53 bits per heavy atom. The Labute approximate surface area is 102 Å². The van der Waals surface area contributed by atoms with E-state index in [1.807, 2.05) is 6.92 Å². The van der Waals surface area contributed by atoms with E-state index >= 15 is 0 Å². The fourth-order valence-corrected chi connectivity index (χ4v) is 2.09. The molecule has 94 valence electrons. The topological polar surface area (TPSA) is 46.6 Å². The number of nitrogens with zero attached hydrogens (tertiary/aromatic N) is 1. The Morgan fingerprint density at radius 1 is 1.53 bits per heavy atom. The summed E-state index contributed by atoms with van der Waals surface area (Å²) in [7, 11) is 1.32. The van der Waals surface area contributed by atoms with Crippen LogP contribution in [0.3, 0.4) is 0 Å². The maximum Gasteiger partial charge on any atom is 0.354 e. The molecule has 0 aromatic heterocycles. The molecule has 0 N–H and O–H groups in total. The van der Waals surface area contributed by atoms with Crippen molar-refractivity contribution in [3.63, 3.8) is 0 Å². The van der Waals surface area contributed by atoms with Crippen molar-refractivity contribution in [3.05, 3.63) is 23.9 Å². The molecule has 0 spiro atoms. The van der Waals surface area contributed by atoms with E-state index in [9.17, 15) is 9.59 Å². The number of carbonyl (C=O) groups is 2. The molecule has 1 aliphatic heterocycles. The first-order valence-electron chi connectivity index (χ1n) is 5.65. The standard InChI is InChI=1S/C13H19NO3/c1-6-7-10-9(4)12(15)14(10)11(8(2)3)13(16)17-5/h6,9-10H,1,7H2,2-5H3/t9-,10+/m0/s1. The van der Waals surface area contributed by atoms with Crippen molar-refractivity contribution >= 4 is 11.9 Å². The van der Waals surface area contributed by atoms with Gasteiger partial charge in [0, 0.05) is 0 Å². The zero-order chi connectivity index (χ0) is 13.2. The Hall–Kier alpha value is -1.58. The number of ether oxygens (including phenoxy) is 1. The fraction of sp³-hybridized carbons (Fsp3) is 0.538. The van der Waals surface area contributed by atoms with E-state index in [4.69, 9.17) is 4.74 Å². The number of allylic oxidation sites excluding steroid dienone is 1. The average molecular weight is 237 g/mol. The molecule has 1 saturated heterocycles. The highest BCUT2D eigenvalue weighted by Gasteiger charge is 2.47. The normalized spacial score (nSPS) is 22.8. The maximum atomic E-state index is 11.9. The van der Waals surface area contributed by atoms with Gasteiger partial charge in [-0.3, -0.25) is 4.79 Å². The van der Waals surface area contributed by atoms with Gasteiger partial charge >= 0.3 is 5.97 Å². The van der Waals surface area contributed by atoms with Gasteiger partial charge in [0.1, 0.15) is 5.70 Å². The number of β-lactam (4-membered cyclic amide) rings is 1. The summed E-state index contributed by atoms with van der Waals surface area (Å²) in [4.78, 5) is 25.1. The lowest BCUT2D eigenvalue weighted by Crippen LogP contribution is -2.60. The van der Waals surface area contributed by atoms with E-state index in [0.29, 0.717) is 12.1 Å². The Morgan fingerprint density at radius 2 is 2.12 bits per heavy atom. The van der Waals surface area contributed by atoms with Crippen molar-refractivity contribution in [1.29, 1.82) is 0 Å². The van der Waals surface area contributed by atoms with Gasteiger partial charge < -0.3 is 9.64 Å². The van der Waals surface area contributed by atoms with Crippen molar-refractivity contribution in [2.45, 2.75) is 33.2 Å². The van der Waals surface area contributed by atoms with Gasteiger partial charge in [-0.2, -0.15) is 0 Å². The van der Waals surface area contributed by atoms with E-state index in [0.717, 1.165) is 5.57 Å². The highest BCUT2D eigenvalue weighted by Crippen LogP contribution is 2.34. The van der Waals surface area contributed by atoms with Gasteiger partial charge in [0.25, 0.3) is 0 Å². The van der Waals surface area contributed by atoms with E-state index in [1.165, 1.54) is 12.0 Å². The Bertz CT molecular complexity index is 380. The third-order valence-electron chi connectivity index (χ3n) is 3.04. The number of amides is 1. The molecule has 1 rings (SSSR count). The second kappa shape index (κ2) is 5.17. The fourth-order valence-electron chi connectivity index (χ4n) is 2.09. The molecule has 0 unspecified atom stereocenters. The van der Waals surface area contributed by atoms with Crippen LogP contribution in [0.15, 0.2) is 23.9 Å². The third kappa shape index (κ3) is 2.25. The van der Waals surface area contributed by atoms with Crippen LogP contribution in [0.1, 0.15) is 27.2 Å². The van der Waals surface area contributed by atoms with E-state index in [-0.39, 0.29) is 17.9 Å². The number of hydrogen-bond donors (Lipinski definition) is 0.